The second-order valence-corrected chi connectivity index (χ2v) is 3.64. The number of nitrogen functional groups attached to an aromatic ring is 1. The lowest BCUT2D eigenvalue weighted by Crippen LogP contribution is -2.34. The summed E-state index contributed by atoms with van der Waals surface area (Å²) in [4.78, 5) is 24.3. The number of rotatable bonds is 2. The molecule has 0 bridgehead atoms. The number of nitrogens with two attached hydrogens (primary N) is 1. The zero-order valence-electron chi connectivity index (χ0n) is 9.03. The monoisotopic (exact) mass is 219 g/mol. The van der Waals surface area contributed by atoms with Crippen molar-refractivity contribution in [2.75, 3.05) is 23.7 Å². The van der Waals surface area contributed by atoms with Gasteiger partial charge in [-0.2, -0.15) is 4.98 Å². The second kappa shape index (κ2) is 3.80. The molecule has 2 rings (SSSR count). The van der Waals surface area contributed by atoms with E-state index in [0.29, 0.717) is 24.6 Å². The molecule has 1 aromatic heterocycles. The van der Waals surface area contributed by atoms with Gasteiger partial charge in [0.1, 0.15) is 0 Å². The van der Waals surface area contributed by atoms with Crippen LogP contribution in [-0.4, -0.2) is 28.8 Å². The standard InChI is InChI=1S/C10H13N5O/c1-3-4-15-5-6(2)12-7-8(15)13-10(11)14-9(7)16/h3H,1,4-5H2,2H3,(H3,11,13,14,16). The Morgan fingerprint density at radius 1 is 1.69 bits per heavy atom. The fourth-order valence-electron chi connectivity index (χ4n) is 1.68. The normalized spacial score (nSPS) is 14.3. The molecule has 0 fully saturated rings. The maximum atomic E-state index is 11.6. The van der Waals surface area contributed by atoms with Crippen molar-refractivity contribution in [3.63, 3.8) is 0 Å². The van der Waals surface area contributed by atoms with E-state index in [1.807, 2.05) is 11.8 Å². The van der Waals surface area contributed by atoms with E-state index in [4.69, 9.17) is 5.73 Å². The lowest BCUT2D eigenvalue weighted by molar-refractivity contribution is 0.912. The van der Waals surface area contributed by atoms with Gasteiger partial charge in [-0.3, -0.25) is 9.78 Å². The molecule has 0 saturated heterocycles. The third-order valence-corrected chi connectivity index (χ3v) is 2.27. The number of anilines is 2. The minimum Gasteiger partial charge on any atom is -0.369 e. The Morgan fingerprint density at radius 2 is 2.44 bits per heavy atom. The van der Waals surface area contributed by atoms with E-state index < -0.39 is 0 Å². The van der Waals surface area contributed by atoms with E-state index >= 15 is 0 Å². The molecule has 0 unspecified atom stereocenters. The molecule has 0 radical (unpaired) electrons. The van der Waals surface area contributed by atoms with Gasteiger partial charge in [0.05, 0.1) is 6.54 Å². The Morgan fingerprint density at radius 3 is 3.12 bits per heavy atom. The summed E-state index contributed by atoms with van der Waals surface area (Å²) in [5, 5.41) is 0. The Balaban J connectivity index is 2.60. The van der Waals surface area contributed by atoms with Crippen molar-refractivity contribution in [1.82, 2.24) is 9.97 Å². The lowest BCUT2D eigenvalue weighted by atomic mass is 10.2. The average Bonchev–Trinajstić information content (AvgIpc) is 2.20. The minimum absolute atomic E-state index is 0.104. The molecule has 1 aliphatic rings. The third-order valence-electron chi connectivity index (χ3n) is 2.27. The highest BCUT2D eigenvalue weighted by molar-refractivity contribution is 5.93. The van der Waals surface area contributed by atoms with Crippen LogP contribution in [0.1, 0.15) is 6.92 Å². The molecule has 0 aromatic carbocycles. The van der Waals surface area contributed by atoms with E-state index in [0.717, 1.165) is 5.71 Å². The molecule has 84 valence electrons. The highest BCUT2D eigenvalue weighted by Crippen LogP contribution is 2.26. The molecule has 1 aromatic rings. The number of aliphatic imine (C=N–C) groups is 1. The van der Waals surface area contributed by atoms with Crippen molar-refractivity contribution in [2.24, 2.45) is 4.99 Å². The molecule has 0 atom stereocenters. The number of fused-ring (bicyclic) bond motifs is 1. The van der Waals surface area contributed by atoms with E-state index in [1.54, 1.807) is 6.08 Å². The van der Waals surface area contributed by atoms with Gasteiger partial charge in [0.25, 0.3) is 5.56 Å². The summed E-state index contributed by atoms with van der Waals surface area (Å²) in [6.45, 7) is 6.78. The molecule has 6 nitrogen and oxygen atoms in total. The summed E-state index contributed by atoms with van der Waals surface area (Å²) in [6, 6.07) is 0. The highest BCUT2D eigenvalue weighted by atomic mass is 16.1. The van der Waals surface area contributed by atoms with Crippen LogP contribution in [0.5, 0.6) is 0 Å². The first kappa shape index (κ1) is 10.4. The Labute approximate surface area is 92.5 Å². The largest absolute Gasteiger partial charge is 0.369 e. The maximum absolute atomic E-state index is 11.6. The molecule has 16 heavy (non-hydrogen) atoms. The molecular formula is C10H13N5O. The highest BCUT2D eigenvalue weighted by Gasteiger charge is 2.21. The van der Waals surface area contributed by atoms with Gasteiger partial charge in [0.15, 0.2) is 11.5 Å². The maximum Gasteiger partial charge on any atom is 0.280 e. The summed E-state index contributed by atoms with van der Waals surface area (Å²) in [7, 11) is 0. The number of nitrogens with zero attached hydrogens (tertiary/aromatic N) is 3. The first-order valence-corrected chi connectivity index (χ1v) is 4.91. The van der Waals surface area contributed by atoms with Gasteiger partial charge in [-0.15, -0.1) is 6.58 Å². The molecule has 0 amide bonds. The Bertz CT molecular complexity index is 516. The van der Waals surface area contributed by atoms with Crippen molar-refractivity contribution in [2.45, 2.75) is 6.92 Å². The molecule has 0 spiro atoms. The summed E-state index contributed by atoms with van der Waals surface area (Å²) >= 11 is 0. The number of H-pyrrole nitrogens is 1. The molecule has 1 aliphatic heterocycles. The smallest absolute Gasteiger partial charge is 0.280 e. The molecule has 6 heteroatoms. The second-order valence-electron chi connectivity index (χ2n) is 3.64. The van der Waals surface area contributed by atoms with Gasteiger partial charge >= 0.3 is 0 Å². The van der Waals surface area contributed by atoms with E-state index in [-0.39, 0.29) is 11.5 Å². The third kappa shape index (κ3) is 1.69. The number of nitrogens with one attached hydrogen (secondary N) is 1. The molecule has 0 saturated carbocycles. The van der Waals surface area contributed by atoms with Crippen LogP contribution in [-0.2, 0) is 0 Å². The zero-order chi connectivity index (χ0) is 11.7. The predicted molar refractivity (Wildman–Crippen MR) is 64.4 cm³/mol. The molecular weight excluding hydrogens is 206 g/mol. The molecule has 2 heterocycles. The van der Waals surface area contributed by atoms with Crippen LogP contribution < -0.4 is 16.2 Å². The molecule has 3 N–H and O–H groups in total. The summed E-state index contributed by atoms with van der Waals surface area (Å²) in [5.74, 6) is 0.624. The van der Waals surface area contributed by atoms with Crippen molar-refractivity contribution >= 4 is 23.2 Å². The number of aromatic nitrogens is 2. The van der Waals surface area contributed by atoms with Gasteiger partial charge in [-0.1, -0.05) is 6.08 Å². The Kier molecular flexibility index (Phi) is 2.47. The quantitative estimate of drug-likeness (QED) is 0.707. The van der Waals surface area contributed by atoms with Crippen LogP contribution in [0.3, 0.4) is 0 Å². The first-order chi connectivity index (χ1) is 7.61. The van der Waals surface area contributed by atoms with Gasteiger partial charge in [-0.05, 0) is 6.92 Å². The SMILES string of the molecule is C=CCN1CC(C)=Nc2c1nc(N)[nH]c2=O. The van der Waals surface area contributed by atoms with Crippen molar-refractivity contribution < 1.29 is 0 Å². The van der Waals surface area contributed by atoms with Gasteiger partial charge in [-0.25, -0.2) is 4.99 Å². The van der Waals surface area contributed by atoms with Gasteiger partial charge in [0, 0.05) is 12.3 Å². The number of aromatic amines is 1. The van der Waals surface area contributed by atoms with E-state index in [9.17, 15) is 4.79 Å². The lowest BCUT2D eigenvalue weighted by Gasteiger charge is -2.26. The van der Waals surface area contributed by atoms with E-state index in [2.05, 4.69) is 21.5 Å². The summed E-state index contributed by atoms with van der Waals surface area (Å²) < 4.78 is 0. The van der Waals surface area contributed by atoms with Crippen LogP contribution in [0.4, 0.5) is 17.5 Å². The van der Waals surface area contributed by atoms with E-state index in [1.165, 1.54) is 0 Å². The van der Waals surface area contributed by atoms with Crippen molar-refractivity contribution in [3.05, 3.63) is 23.0 Å². The average molecular weight is 219 g/mol. The minimum atomic E-state index is -0.310. The van der Waals surface area contributed by atoms with Gasteiger partial charge in [0.2, 0.25) is 5.95 Å². The molecule has 0 aliphatic carbocycles. The topological polar surface area (TPSA) is 87.4 Å². The van der Waals surface area contributed by atoms with Crippen LogP contribution in [0.2, 0.25) is 0 Å². The van der Waals surface area contributed by atoms with Gasteiger partial charge < -0.3 is 10.6 Å². The van der Waals surface area contributed by atoms with Crippen LogP contribution in [0.15, 0.2) is 22.4 Å². The van der Waals surface area contributed by atoms with Crippen LogP contribution in [0, 0.1) is 0 Å². The van der Waals surface area contributed by atoms with Crippen molar-refractivity contribution in [3.8, 4) is 0 Å². The van der Waals surface area contributed by atoms with Crippen LogP contribution in [0.25, 0.3) is 0 Å². The fraction of sp³-hybridized carbons (Fsp3) is 0.300. The van der Waals surface area contributed by atoms with Crippen molar-refractivity contribution in [1.29, 1.82) is 0 Å². The summed E-state index contributed by atoms with van der Waals surface area (Å²) in [5.41, 5.74) is 6.38. The first-order valence-electron chi connectivity index (χ1n) is 4.91. The predicted octanol–water partition coefficient (Wildman–Crippen LogP) is 0.451. The number of hydrogen-bond acceptors (Lipinski definition) is 5. The fourth-order valence-corrected chi connectivity index (χ4v) is 1.68. The Hall–Kier alpha value is -2.11. The zero-order valence-corrected chi connectivity index (χ0v) is 9.03. The number of hydrogen-bond donors (Lipinski definition) is 2. The van der Waals surface area contributed by atoms with Crippen LogP contribution >= 0.6 is 0 Å². The summed E-state index contributed by atoms with van der Waals surface area (Å²) in [6.07, 6.45) is 1.75.